The molecule has 128 valence electrons. The van der Waals surface area contributed by atoms with Crippen molar-refractivity contribution in [3.8, 4) is 0 Å². The van der Waals surface area contributed by atoms with E-state index < -0.39 is 23.6 Å². The number of halogens is 3. The van der Waals surface area contributed by atoms with Crippen LogP contribution in [-0.2, 0) is 15.8 Å². The van der Waals surface area contributed by atoms with Gasteiger partial charge in [0.2, 0.25) is 0 Å². The summed E-state index contributed by atoms with van der Waals surface area (Å²) in [5, 5.41) is 4.83. The summed E-state index contributed by atoms with van der Waals surface area (Å²) in [6.07, 6.45) is -2.77. The zero-order valence-corrected chi connectivity index (χ0v) is 13.3. The fourth-order valence-corrected chi connectivity index (χ4v) is 1.88. The highest BCUT2D eigenvalue weighted by atomic mass is 19.4. The molecule has 0 heterocycles. The summed E-state index contributed by atoms with van der Waals surface area (Å²) in [5.41, 5.74) is -0.685. The molecule has 2 N–H and O–H groups in total. The largest absolute Gasteiger partial charge is 0.416 e. The third kappa shape index (κ3) is 6.71. The quantitative estimate of drug-likeness (QED) is 0.811. The van der Waals surface area contributed by atoms with Crippen LogP contribution in [-0.4, -0.2) is 17.9 Å². The Morgan fingerprint density at radius 2 is 1.57 bits per heavy atom. The maximum atomic E-state index is 12.4. The van der Waals surface area contributed by atoms with Gasteiger partial charge in [0, 0.05) is 11.7 Å². The van der Waals surface area contributed by atoms with Crippen LogP contribution in [0.5, 0.6) is 0 Å². The SMILES string of the molecule is CC(C)CCC(C)NC(=O)C(=O)Nc1ccc(C(F)(F)F)cc1. The number of hydrogen-bond acceptors (Lipinski definition) is 2. The first kappa shape index (κ1) is 19.0. The predicted octanol–water partition coefficient (Wildman–Crippen LogP) is 3.58. The van der Waals surface area contributed by atoms with Crippen LogP contribution in [0.4, 0.5) is 18.9 Å². The Kier molecular flexibility index (Phi) is 6.60. The Balaban J connectivity index is 2.53. The van der Waals surface area contributed by atoms with Crippen molar-refractivity contribution in [2.45, 2.75) is 45.8 Å². The molecule has 0 radical (unpaired) electrons. The van der Waals surface area contributed by atoms with Crippen LogP contribution in [0.3, 0.4) is 0 Å². The van der Waals surface area contributed by atoms with E-state index in [-0.39, 0.29) is 11.7 Å². The summed E-state index contributed by atoms with van der Waals surface area (Å²) in [5.74, 6) is -1.21. The zero-order valence-electron chi connectivity index (χ0n) is 13.3. The van der Waals surface area contributed by atoms with Gasteiger partial charge in [-0.15, -0.1) is 0 Å². The average Bonchev–Trinajstić information content (AvgIpc) is 2.44. The number of benzene rings is 1. The van der Waals surface area contributed by atoms with Crippen LogP contribution in [0.1, 0.15) is 39.2 Å². The lowest BCUT2D eigenvalue weighted by molar-refractivity contribution is -0.137. The lowest BCUT2D eigenvalue weighted by Crippen LogP contribution is -2.40. The monoisotopic (exact) mass is 330 g/mol. The lowest BCUT2D eigenvalue weighted by atomic mass is 10.0. The van der Waals surface area contributed by atoms with Gasteiger partial charge in [-0.25, -0.2) is 0 Å². The number of anilines is 1. The third-order valence-electron chi connectivity index (χ3n) is 3.23. The van der Waals surface area contributed by atoms with E-state index in [0.29, 0.717) is 5.92 Å². The van der Waals surface area contributed by atoms with E-state index in [1.165, 1.54) is 0 Å². The van der Waals surface area contributed by atoms with Crippen LogP contribution < -0.4 is 10.6 Å². The molecule has 1 unspecified atom stereocenters. The second kappa shape index (κ2) is 7.99. The van der Waals surface area contributed by atoms with Crippen LogP contribution in [0.15, 0.2) is 24.3 Å². The molecular weight excluding hydrogens is 309 g/mol. The Hall–Kier alpha value is -2.05. The minimum Gasteiger partial charge on any atom is -0.345 e. The average molecular weight is 330 g/mol. The van der Waals surface area contributed by atoms with Crippen LogP contribution in [0, 0.1) is 5.92 Å². The van der Waals surface area contributed by atoms with Crippen molar-refractivity contribution < 1.29 is 22.8 Å². The molecule has 0 aliphatic heterocycles. The fourth-order valence-electron chi connectivity index (χ4n) is 1.88. The van der Waals surface area contributed by atoms with Gasteiger partial charge in [0.1, 0.15) is 0 Å². The maximum absolute atomic E-state index is 12.4. The summed E-state index contributed by atoms with van der Waals surface area (Å²) < 4.78 is 37.3. The summed E-state index contributed by atoms with van der Waals surface area (Å²) in [7, 11) is 0. The number of rotatable bonds is 5. The van der Waals surface area contributed by atoms with Crippen molar-refractivity contribution in [3.63, 3.8) is 0 Å². The molecule has 0 aliphatic carbocycles. The zero-order chi connectivity index (χ0) is 17.6. The van der Waals surface area contributed by atoms with Crippen molar-refractivity contribution in [2.24, 2.45) is 5.92 Å². The number of nitrogens with one attached hydrogen (secondary N) is 2. The van der Waals surface area contributed by atoms with Crippen molar-refractivity contribution >= 4 is 17.5 Å². The molecule has 0 fully saturated rings. The van der Waals surface area contributed by atoms with E-state index in [1.807, 2.05) is 0 Å². The molecule has 0 spiro atoms. The topological polar surface area (TPSA) is 58.2 Å². The maximum Gasteiger partial charge on any atom is 0.416 e. The molecule has 0 aromatic heterocycles. The Morgan fingerprint density at radius 1 is 1.00 bits per heavy atom. The number of amides is 2. The van der Waals surface area contributed by atoms with Crippen LogP contribution >= 0.6 is 0 Å². The van der Waals surface area contributed by atoms with Crippen molar-refractivity contribution in [1.29, 1.82) is 0 Å². The molecule has 1 rings (SSSR count). The van der Waals surface area contributed by atoms with E-state index in [2.05, 4.69) is 24.5 Å². The lowest BCUT2D eigenvalue weighted by Gasteiger charge is -2.15. The van der Waals surface area contributed by atoms with Gasteiger partial charge >= 0.3 is 18.0 Å². The molecule has 2 amide bonds. The van der Waals surface area contributed by atoms with E-state index in [9.17, 15) is 22.8 Å². The summed E-state index contributed by atoms with van der Waals surface area (Å²) in [4.78, 5) is 23.4. The number of carbonyl (C=O) groups excluding carboxylic acids is 2. The minimum atomic E-state index is -4.44. The van der Waals surface area contributed by atoms with Gasteiger partial charge in [-0.1, -0.05) is 13.8 Å². The second-order valence-corrected chi connectivity index (χ2v) is 5.87. The van der Waals surface area contributed by atoms with Crippen LogP contribution in [0.25, 0.3) is 0 Å². The van der Waals surface area contributed by atoms with Gasteiger partial charge < -0.3 is 10.6 Å². The molecule has 0 saturated carbocycles. The van der Waals surface area contributed by atoms with E-state index in [4.69, 9.17) is 0 Å². The molecule has 23 heavy (non-hydrogen) atoms. The first-order chi connectivity index (χ1) is 10.6. The van der Waals surface area contributed by atoms with Gasteiger partial charge in [-0.2, -0.15) is 13.2 Å². The molecule has 4 nitrogen and oxygen atoms in total. The fraction of sp³-hybridized carbons (Fsp3) is 0.500. The molecule has 1 aromatic carbocycles. The Morgan fingerprint density at radius 3 is 2.04 bits per heavy atom. The smallest absolute Gasteiger partial charge is 0.345 e. The number of carbonyl (C=O) groups is 2. The van der Waals surface area contributed by atoms with E-state index in [1.54, 1.807) is 6.92 Å². The first-order valence-electron chi connectivity index (χ1n) is 7.38. The van der Waals surface area contributed by atoms with Crippen molar-refractivity contribution in [1.82, 2.24) is 5.32 Å². The van der Waals surface area contributed by atoms with Crippen molar-refractivity contribution in [2.75, 3.05) is 5.32 Å². The number of hydrogen-bond donors (Lipinski definition) is 2. The van der Waals surface area contributed by atoms with Gasteiger partial charge in [0.15, 0.2) is 0 Å². The van der Waals surface area contributed by atoms with E-state index >= 15 is 0 Å². The molecule has 7 heteroatoms. The highest BCUT2D eigenvalue weighted by Crippen LogP contribution is 2.29. The van der Waals surface area contributed by atoms with Gasteiger partial charge in [0.05, 0.1) is 5.56 Å². The summed E-state index contributed by atoms with van der Waals surface area (Å²) in [6.45, 7) is 5.92. The predicted molar refractivity (Wildman–Crippen MR) is 81.8 cm³/mol. The molecule has 0 saturated heterocycles. The van der Waals surface area contributed by atoms with Gasteiger partial charge in [0.25, 0.3) is 0 Å². The normalized spacial score (nSPS) is 12.8. The highest BCUT2D eigenvalue weighted by molar-refractivity contribution is 6.39. The van der Waals surface area contributed by atoms with Gasteiger partial charge in [-0.05, 0) is 49.9 Å². The standard InChI is InChI=1S/C16H21F3N2O2/c1-10(2)4-5-11(3)20-14(22)15(23)21-13-8-6-12(7-9-13)16(17,18)19/h6-11H,4-5H2,1-3H3,(H,20,22)(H,21,23). The first-order valence-corrected chi connectivity index (χ1v) is 7.38. The molecule has 1 aromatic rings. The second-order valence-electron chi connectivity index (χ2n) is 5.87. The summed E-state index contributed by atoms with van der Waals surface area (Å²) >= 11 is 0. The molecule has 1 atom stereocenters. The van der Waals surface area contributed by atoms with Crippen LogP contribution in [0.2, 0.25) is 0 Å². The highest BCUT2D eigenvalue weighted by Gasteiger charge is 2.30. The minimum absolute atomic E-state index is 0.132. The molecular formula is C16H21F3N2O2. The summed E-state index contributed by atoms with van der Waals surface area (Å²) in [6, 6.07) is 3.76. The molecule has 0 aliphatic rings. The Bertz CT molecular complexity index is 539. The number of alkyl halides is 3. The molecule has 0 bridgehead atoms. The van der Waals surface area contributed by atoms with Gasteiger partial charge in [-0.3, -0.25) is 9.59 Å². The van der Waals surface area contributed by atoms with E-state index in [0.717, 1.165) is 37.1 Å². The third-order valence-corrected chi connectivity index (χ3v) is 3.23. The van der Waals surface area contributed by atoms with Crippen molar-refractivity contribution in [3.05, 3.63) is 29.8 Å². The Labute approximate surface area is 133 Å².